The van der Waals surface area contributed by atoms with E-state index in [1.54, 1.807) is 13.1 Å². The van der Waals surface area contributed by atoms with E-state index in [9.17, 15) is 13.8 Å². The second kappa shape index (κ2) is 16.1. The summed E-state index contributed by atoms with van der Waals surface area (Å²) in [4.78, 5) is 30.1. The van der Waals surface area contributed by atoms with Gasteiger partial charge in [0.2, 0.25) is 5.88 Å². The SMILES string of the molecule is CCCCO[C@H]1/C=C/C[C@H](C)CS(=O)(NC(=O)c2cn(C)nc2OC)=NC(=O)c2ccc3c(c2)N(C[C@@H]2CC[C@H]21)C[C@@]1(CCCc2cc(Cl)ccc21)CO3. The maximum absolute atomic E-state index is 14.7. The van der Waals surface area contributed by atoms with Gasteiger partial charge in [-0.25, -0.2) is 4.21 Å². The summed E-state index contributed by atoms with van der Waals surface area (Å²) in [6, 6.07) is 11.6. The fraction of sp³-hybridized carbons (Fsp3) is 0.537. The van der Waals surface area contributed by atoms with E-state index in [1.807, 2.05) is 25.1 Å². The molecule has 54 heavy (non-hydrogen) atoms. The fourth-order valence-electron chi connectivity index (χ4n) is 8.63. The Morgan fingerprint density at radius 2 is 2.06 bits per heavy atom. The van der Waals surface area contributed by atoms with Crippen LogP contribution in [0.2, 0.25) is 5.02 Å². The zero-order chi connectivity index (χ0) is 38.0. The van der Waals surface area contributed by atoms with Gasteiger partial charge in [0.1, 0.15) is 21.2 Å². The Morgan fingerprint density at radius 1 is 1.20 bits per heavy atom. The fourth-order valence-corrected chi connectivity index (χ4v) is 10.7. The van der Waals surface area contributed by atoms with Crippen molar-refractivity contribution >= 4 is 39.0 Å². The minimum Gasteiger partial charge on any atom is -0.490 e. The Balaban J connectivity index is 1.30. The van der Waals surface area contributed by atoms with Crippen molar-refractivity contribution in [1.29, 1.82) is 0 Å². The third-order valence-corrected chi connectivity index (χ3v) is 13.8. The van der Waals surface area contributed by atoms with Crippen molar-refractivity contribution < 1.29 is 28.0 Å². The van der Waals surface area contributed by atoms with E-state index < -0.39 is 21.7 Å². The van der Waals surface area contributed by atoms with E-state index in [0.717, 1.165) is 62.2 Å². The van der Waals surface area contributed by atoms with E-state index in [0.29, 0.717) is 43.8 Å². The average Bonchev–Trinajstić information content (AvgIpc) is 3.44. The van der Waals surface area contributed by atoms with Crippen molar-refractivity contribution in [2.45, 2.75) is 76.7 Å². The largest absolute Gasteiger partial charge is 0.490 e. The van der Waals surface area contributed by atoms with E-state index >= 15 is 0 Å². The lowest BCUT2D eigenvalue weighted by atomic mass is 9.68. The number of ether oxygens (including phenoxy) is 3. The second-order valence-corrected chi connectivity index (χ2v) is 18.0. The highest BCUT2D eigenvalue weighted by molar-refractivity contribution is 7.92. The predicted molar refractivity (Wildman–Crippen MR) is 211 cm³/mol. The van der Waals surface area contributed by atoms with Crippen molar-refractivity contribution in [2.24, 2.45) is 29.2 Å². The summed E-state index contributed by atoms with van der Waals surface area (Å²) in [6.45, 7) is 6.79. The third-order valence-electron chi connectivity index (χ3n) is 11.5. The number of aryl methyl sites for hydroxylation is 2. The Kier molecular flexibility index (Phi) is 11.4. The number of carbonyl (C=O) groups excluding carboxylic acids is 2. The molecule has 0 radical (unpaired) electrons. The summed E-state index contributed by atoms with van der Waals surface area (Å²) in [7, 11) is -0.533. The van der Waals surface area contributed by atoms with Gasteiger partial charge in [0.15, 0.2) is 0 Å². The number of amides is 2. The van der Waals surface area contributed by atoms with Crippen LogP contribution in [0.15, 0.2) is 59.1 Å². The number of allylic oxidation sites excluding steroid dienone is 1. The maximum Gasteiger partial charge on any atom is 0.286 e. The van der Waals surface area contributed by atoms with Crippen LogP contribution >= 0.6 is 11.6 Å². The van der Waals surface area contributed by atoms with Gasteiger partial charge < -0.3 is 19.1 Å². The number of fused-ring (bicyclic) bond motifs is 4. The summed E-state index contributed by atoms with van der Waals surface area (Å²) in [5.41, 5.74) is 3.46. The Labute approximate surface area is 324 Å². The number of aromatic nitrogens is 2. The molecule has 2 aliphatic heterocycles. The number of hydrogen-bond donors (Lipinski definition) is 1. The number of rotatable bonds is 7. The number of nitrogens with one attached hydrogen (secondary N) is 1. The first-order valence-electron chi connectivity index (χ1n) is 19.3. The number of carbonyl (C=O) groups is 2. The summed E-state index contributed by atoms with van der Waals surface area (Å²) in [6.07, 6.45) is 13.5. The average molecular weight is 778 g/mol. The van der Waals surface area contributed by atoms with Crippen LogP contribution in [0.25, 0.3) is 0 Å². The van der Waals surface area contributed by atoms with Crippen LogP contribution in [0, 0.1) is 17.8 Å². The van der Waals surface area contributed by atoms with Gasteiger partial charge in [-0.15, -0.1) is 9.46 Å². The summed E-state index contributed by atoms with van der Waals surface area (Å²) in [5.74, 6) is -0.0588. The maximum atomic E-state index is 14.7. The minimum atomic E-state index is -3.61. The Morgan fingerprint density at radius 3 is 2.83 bits per heavy atom. The van der Waals surface area contributed by atoms with E-state index in [4.69, 9.17) is 25.8 Å². The molecule has 1 fully saturated rings. The molecule has 290 valence electrons. The van der Waals surface area contributed by atoms with Crippen LogP contribution in [0.1, 0.15) is 90.6 Å². The molecule has 6 atom stereocenters. The van der Waals surface area contributed by atoms with Crippen molar-refractivity contribution in [1.82, 2.24) is 14.5 Å². The second-order valence-electron chi connectivity index (χ2n) is 15.6. The van der Waals surface area contributed by atoms with Gasteiger partial charge in [0.05, 0.1) is 31.3 Å². The van der Waals surface area contributed by atoms with Crippen LogP contribution in [-0.2, 0) is 33.5 Å². The predicted octanol–water partition coefficient (Wildman–Crippen LogP) is 7.32. The van der Waals surface area contributed by atoms with Crippen molar-refractivity contribution in [3.63, 3.8) is 0 Å². The molecule has 1 aromatic heterocycles. The molecule has 11 nitrogen and oxygen atoms in total. The van der Waals surface area contributed by atoms with Gasteiger partial charge in [-0.05, 0) is 104 Å². The molecule has 1 unspecified atom stereocenters. The van der Waals surface area contributed by atoms with Crippen molar-refractivity contribution in [2.75, 3.05) is 44.1 Å². The van der Waals surface area contributed by atoms with E-state index in [1.165, 1.54) is 29.1 Å². The first kappa shape index (κ1) is 38.4. The quantitative estimate of drug-likeness (QED) is 0.196. The van der Waals surface area contributed by atoms with Crippen LogP contribution in [0.5, 0.6) is 11.6 Å². The van der Waals surface area contributed by atoms with Gasteiger partial charge >= 0.3 is 0 Å². The first-order valence-corrected chi connectivity index (χ1v) is 21.3. The molecule has 7 rings (SSSR count). The molecule has 2 amide bonds. The van der Waals surface area contributed by atoms with E-state index in [2.05, 4.69) is 50.3 Å². The molecule has 0 saturated heterocycles. The van der Waals surface area contributed by atoms with Crippen LogP contribution in [0.3, 0.4) is 0 Å². The van der Waals surface area contributed by atoms with Crippen LogP contribution in [-0.4, -0.2) is 71.1 Å². The van der Waals surface area contributed by atoms with Gasteiger partial charge in [-0.3, -0.25) is 19.0 Å². The first-order chi connectivity index (χ1) is 26.0. The molecule has 3 aromatic rings. The zero-order valence-corrected chi connectivity index (χ0v) is 33.3. The van der Waals surface area contributed by atoms with Crippen LogP contribution < -0.4 is 19.1 Å². The summed E-state index contributed by atoms with van der Waals surface area (Å²) >= 11 is 6.49. The standard InChI is InChI=1S/C41H52ClN5O6S/c1-5-6-19-52-36-11-7-9-27(2)24-54(50,45-39(49)33-23-46(3)43-40(33)51-4)44-38(48)29-13-17-37-35(21-29)47(22-30-12-15-32(30)36)25-41(26-53-37)18-8-10-28-20-31(42)14-16-34(28)41/h7,11,13-14,16-17,20-21,23,27,30,32,36H,5-6,8-10,12,15,18-19,22,24-26H2,1-4H3,(H,44,45,48,49,50)/b11-7+/t27-,30-,32+,36-,41-,54?/m0/s1. The lowest BCUT2D eigenvalue weighted by Crippen LogP contribution is -2.49. The number of hydrogen-bond acceptors (Lipinski definition) is 8. The van der Waals surface area contributed by atoms with Gasteiger partial charge in [-0.1, -0.05) is 50.1 Å². The monoisotopic (exact) mass is 777 g/mol. The third kappa shape index (κ3) is 8.07. The van der Waals surface area contributed by atoms with Crippen molar-refractivity contribution in [3.05, 3.63) is 82.0 Å². The highest BCUT2D eigenvalue weighted by Gasteiger charge is 2.44. The molecule has 2 aromatic carbocycles. The molecular formula is C41H52ClN5O6S. The smallest absolute Gasteiger partial charge is 0.286 e. The number of nitrogens with zero attached hydrogens (tertiary/aromatic N) is 4. The number of unbranched alkanes of at least 4 members (excludes halogenated alkanes) is 1. The van der Waals surface area contributed by atoms with E-state index in [-0.39, 0.29) is 40.2 Å². The number of benzene rings is 2. The van der Waals surface area contributed by atoms with Gasteiger partial charge in [-0.2, -0.15) is 0 Å². The lowest BCUT2D eigenvalue weighted by Gasteiger charge is -2.46. The highest BCUT2D eigenvalue weighted by Crippen LogP contribution is 2.47. The molecule has 1 N–H and O–H groups in total. The van der Waals surface area contributed by atoms with Crippen molar-refractivity contribution in [3.8, 4) is 11.6 Å². The Hall–Kier alpha value is -3.87. The molecule has 2 bridgehead atoms. The normalized spacial score (nSPS) is 28.8. The lowest BCUT2D eigenvalue weighted by molar-refractivity contribution is -0.0150. The molecule has 1 spiro atoms. The highest BCUT2D eigenvalue weighted by atomic mass is 35.5. The topological polar surface area (TPSA) is 124 Å². The molecule has 1 saturated carbocycles. The summed E-state index contributed by atoms with van der Waals surface area (Å²) in [5, 5.41) is 4.90. The molecular weight excluding hydrogens is 726 g/mol. The number of methoxy groups -OCH3 is 1. The molecule has 2 aliphatic carbocycles. The zero-order valence-electron chi connectivity index (χ0n) is 31.7. The summed E-state index contributed by atoms with van der Waals surface area (Å²) < 4.78 is 41.6. The number of halogens is 1. The van der Waals surface area contributed by atoms with Gasteiger partial charge in [0.25, 0.3) is 11.8 Å². The number of anilines is 1. The molecule has 4 aliphatic rings. The Bertz CT molecular complexity index is 2040. The molecule has 13 heteroatoms. The van der Waals surface area contributed by atoms with Crippen LogP contribution in [0.4, 0.5) is 5.69 Å². The molecule has 3 heterocycles. The minimum absolute atomic E-state index is 0.0308. The van der Waals surface area contributed by atoms with Gasteiger partial charge in [0, 0.05) is 48.9 Å².